The summed E-state index contributed by atoms with van der Waals surface area (Å²) >= 11 is 0. The molecule has 0 saturated carbocycles. The molecule has 3 atom stereocenters. The van der Waals surface area contributed by atoms with Crippen LogP contribution in [0.3, 0.4) is 0 Å². The number of hydrogen-bond donors (Lipinski definition) is 1. The molecule has 16 heavy (non-hydrogen) atoms. The van der Waals surface area contributed by atoms with Crippen molar-refractivity contribution in [2.75, 3.05) is 13.1 Å². The number of carbonyl (C=O) groups is 1. The Labute approximate surface area is 104 Å². The Morgan fingerprint density at radius 2 is 1.88 bits per heavy atom. The van der Waals surface area contributed by atoms with Crippen LogP contribution in [0, 0.1) is 5.92 Å². The number of carbonyl (C=O) groups excluding carboxylic acids is 1. The third-order valence-corrected chi connectivity index (χ3v) is 3.87. The first kappa shape index (κ1) is 13.8. The van der Waals surface area contributed by atoms with Crippen LogP contribution in [-0.4, -0.2) is 36.0 Å². The summed E-state index contributed by atoms with van der Waals surface area (Å²) in [4.78, 5) is 14.2. The molecule has 2 rings (SSSR count). The third-order valence-electron chi connectivity index (χ3n) is 3.87. The van der Waals surface area contributed by atoms with Gasteiger partial charge < -0.3 is 10.2 Å². The average molecular weight is 247 g/mol. The summed E-state index contributed by atoms with van der Waals surface area (Å²) < 4.78 is 0. The zero-order valence-corrected chi connectivity index (χ0v) is 11.1. The van der Waals surface area contributed by atoms with E-state index in [1.54, 1.807) is 0 Å². The van der Waals surface area contributed by atoms with E-state index in [0.29, 0.717) is 23.9 Å². The maximum Gasteiger partial charge on any atom is 0.223 e. The highest BCUT2D eigenvalue weighted by Crippen LogP contribution is 2.26. The number of rotatable bonds is 2. The van der Waals surface area contributed by atoms with Crippen LogP contribution in [0.4, 0.5) is 0 Å². The molecule has 2 heterocycles. The minimum atomic E-state index is 0. The Hall–Kier alpha value is -0.280. The van der Waals surface area contributed by atoms with Crippen LogP contribution in [0.25, 0.3) is 0 Å². The minimum Gasteiger partial charge on any atom is -0.337 e. The van der Waals surface area contributed by atoms with Crippen LogP contribution in [0.2, 0.25) is 0 Å². The monoisotopic (exact) mass is 246 g/mol. The summed E-state index contributed by atoms with van der Waals surface area (Å²) in [6.07, 6.45) is 4.27. The van der Waals surface area contributed by atoms with Crippen molar-refractivity contribution in [3.8, 4) is 0 Å². The van der Waals surface area contributed by atoms with Gasteiger partial charge in [-0.2, -0.15) is 0 Å². The SMILES string of the molecule is CC1CCC(C)N1C(=O)CC1CCNC1.Cl. The molecule has 2 aliphatic rings. The number of nitrogens with zero attached hydrogens (tertiary/aromatic N) is 1. The normalized spacial score (nSPS) is 33.9. The summed E-state index contributed by atoms with van der Waals surface area (Å²) in [7, 11) is 0. The standard InChI is InChI=1S/C12H22N2O.ClH/c1-9-3-4-10(2)14(9)12(15)7-11-5-6-13-8-11;/h9-11,13H,3-8H2,1-2H3;1H. The zero-order chi connectivity index (χ0) is 10.8. The zero-order valence-electron chi connectivity index (χ0n) is 10.2. The van der Waals surface area contributed by atoms with Crippen molar-refractivity contribution in [1.82, 2.24) is 10.2 Å². The van der Waals surface area contributed by atoms with Crippen LogP contribution in [0.1, 0.15) is 39.5 Å². The molecule has 3 unspecified atom stereocenters. The van der Waals surface area contributed by atoms with Gasteiger partial charge in [0.1, 0.15) is 0 Å². The van der Waals surface area contributed by atoms with Gasteiger partial charge in [0.05, 0.1) is 0 Å². The first-order valence-corrected chi connectivity index (χ1v) is 6.20. The fourth-order valence-electron chi connectivity index (χ4n) is 2.93. The second kappa shape index (κ2) is 5.87. The van der Waals surface area contributed by atoms with Crippen molar-refractivity contribution >= 4 is 18.3 Å². The van der Waals surface area contributed by atoms with Gasteiger partial charge >= 0.3 is 0 Å². The minimum absolute atomic E-state index is 0. The fourth-order valence-corrected chi connectivity index (χ4v) is 2.93. The summed E-state index contributed by atoms with van der Waals surface area (Å²) in [5.74, 6) is 0.957. The highest BCUT2D eigenvalue weighted by Gasteiger charge is 2.32. The molecule has 1 amide bonds. The van der Waals surface area contributed by atoms with E-state index in [2.05, 4.69) is 24.1 Å². The number of amides is 1. The van der Waals surface area contributed by atoms with E-state index in [0.717, 1.165) is 19.5 Å². The highest BCUT2D eigenvalue weighted by atomic mass is 35.5. The van der Waals surface area contributed by atoms with Crippen molar-refractivity contribution in [1.29, 1.82) is 0 Å². The van der Waals surface area contributed by atoms with E-state index in [1.165, 1.54) is 19.3 Å². The molecular weight excluding hydrogens is 224 g/mol. The molecule has 2 fully saturated rings. The molecule has 0 aromatic rings. The topological polar surface area (TPSA) is 32.3 Å². The van der Waals surface area contributed by atoms with Crippen LogP contribution in [0.15, 0.2) is 0 Å². The van der Waals surface area contributed by atoms with Gasteiger partial charge in [0.25, 0.3) is 0 Å². The molecule has 2 saturated heterocycles. The van der Waals surface area contributed by atoms with E-state index in [9.17, 15) is 4.79 Å². The maximum absolute atomic E-state index is 12.1. The maximum atomic E-state index is 12.1. The van der Waals surface area contributed by atoms with Gasteiger partial charge in [0, 0.05) is 18.5 Å². The Morgan fingerprint density at radius 3 is 2.38 bits per heavy atom. The lowest BCUT2D eigenvalue weighted by Crippen LogP contribution is -2.39. The van der Waals surface area contributed by atoms with Crippen molar-refractivity contribution in [2.45, 2.75) is 51.6 Å². The van der Waals surface area contributed by atoms with Crippen LogP contribution in [-0.2, 0) is 4.79 Å². The first-order chi connectivity index (χ1) is 7.18. The summed E-state index contributed by atoms with van der Waals surface area (Å²) in [6, 6.07) is 0.920. The molecule has 0 aromatic carbocycles. The Morgan fingerprint density at radius 1 is 1.25 bits per heavy atom. The molecule has 94 valence electrons. The van der Waals surface area contributed by atoms with E-state index in [4.69, 9.17) is 0 Å². The third kappa shape index (κ3) is 2.89. The first-order valence-electron chi connectivity index (χ1n) is 6.20. The molecule has 1 N–H and O–H groups in total. The smallest absolute Gasteiger partial charge is 0.223 e. The summed E-state index contributed by atoms with van der Waals surface area (Å²) in [6.45, 7) is 6.47. The molecule has 0 aliphatic carbocycles. The lowest BCUT2D eigenvalue weighted by Gasteiger charge is -2.27. The Balaban J connectivity index is 0.00000128. The molecule has 0 radical (unpaired) electrons. The quantitative estimate of drug-likeness (QED) is 0.806. The summed E-state index contributed by atoms with van der Waals surface area (Å²) in [5.41, 5.74) is 0. The van der Waals surface area contributed by atoms with E-state index >= 15 is 0 Å². The van der Waals surface area contributed by atoms with Gasteiger partial charge in [-0.1, -0.05) is 0 Å². The highest BCUT2D eigenvalue weighted by molar-refractivity contribution is 5.85. The molecule has 0 spiro atoms. The predicted octanol–water partition coefficient (Wildman–Crippen LogP) is 1.81. The lowest BCUT2D eigenvalue weighted by atomic mass is 10.0. The van der Waals surface area contributed by atoms with Gasteiger partial charge in [-0.25, -0.2) is 0 Å². The molecule has 2 aliphatic heterocycles. The summed E-state index contributed by atoms with van der Waals surface area (Å²) in [5, 5.41) is 3.32. The molecule has 3 nitrogen and oxygen atoms in total. The largest absolute Gasteiger partial charge is 0.337 e. The Bertz CT molecular complexity index is 231. The van der Waals surface area contributed by atoms with E-state index in [-0.39, 0.29) is 12.4 Å². The van der Waals surface area contributed by atoms with Gasteiger partial charge in [-0.05, 0) is 52.1 Å². The second-order valence-corrected chi connectivity index (χ2v) is 5.14. The van der Waals surface area contributed by atoms with E-state index in [1.807, 2.05) is 0 Å². The van der Waals surface area contributed by atoms with Crippen LogP contribution in [0.5, 0.6) is 0 Å². The van der Waals surface area contributed by atoms with Crippen LogP contribution >= 0.6 is 12.4 Å². The molecule has 4 heteroatoms. The van der Waals surface area contributed by atoms with Crippen LogP contribution < -0.4 is 5.32 Å². The number of halogens is 1. The van der Waals surface area contributed by atoms with Crippen molar-refractivity contribution in [3.63, 3.8) is 0 Å². The molecular formula is C12H23ClN2O. The van der Waals surface area contributed by atoms with Gasteiger partial charge in [-0.15, -0.1) is 12.4 Å². The number of likely N-dealkylation sites (tertiary alicyclic amines) is 1. The molecule has 0 bridgehead atoms. The molecule has 0 aromatic heterocycles. The van der Waals surface area contributed by atoms with Crippen molar-refractivity contribution in [3.05, 3.63) is 0 Å². The van der Waals surface area contributed by atoms with Gasteiger partial charge in [0.2, 0.25) is 5.91 Å². The lowest BCUT2D eigenvalue weighted by molar-refractivity contribution is -0.134. The second-order valence-electron chi connectivity index (χ2n) is 5.14. The van der Waals surface area contributed by atoms with Crippen molar-refractivity contribution < 1.29 is 4.79 Å². The fraction of sp³-hybridized carbons (Fsp3) is 0.917. The van der Waals surface area contributed by atoms with E-state index < -0.39 is 0 Å². The van der Waals surface area contributed by atoms with Gasteiger partial charge in [0.15, 0.2) is 0 Å². The van der Waals surface area contributed by atoms with Crippen molar-refractivity contribution in [2.24, 2.45) is 5.92 Å². The Kier molecular flexibility index (Phi) is 5.06. The number of nitrogens with one attached hydrogen (secondary N) is 1. The number of hydrogen-bond acceptors (Lipinski definition) is 2. The predicted molar refractivity (Wildman–Crippen MR) is 67.8 cm³/mol. The average Bonchev–Trinajstić information content (AvgIpc) is 2.77. The van der Waals surface area contributed by atoms with Gasteiger partial charge in [-0.3, -0.25) is 4.79 Å².